The van der Waals surface area contributed by atoms with Gasteiger partial charge >= 0.3 is 0 Å². The lowest BCUT2D eigenvalue weighted by Gasteiger charge is -2.08. The molecule has 0 spiro atoms. The van der Waals surface area contributed by atoms with Gasteiger partial charge in [-0.25, -0.2) is 4.98 Å². The molecule has 0 aliphatic heterocycles. The van der Waals surface area contributed by atoms with E-state index in [-0.39, 0.29) is 5.91 Å². The van der Waals surface area contributed by atoms with Gasteiger partial charge in [-0.3, -0.25) is 4.79 Å². The highest BCUT2D eigenvalue weighted by Gasteiger charge is 2.09. The molecule has 0 atom stereocenters. The van der Waals surface area contributed by atoms with Crippen molar-refractivity contribution in [3.63, 3.8) is 0 Å². The summed E-state index contributed by atoms with van der Waals surface area (Å²) in [5.74, 6) is 1.36. The minimum absolute atomic E-state index is 0.0800. The molecule has 0 aliphatic rings. The Morgan fingerprint density at radius 3 is 2.46 bits per heavy atom. The average Bonchev–Trinajstić information content (AvgIpc) is 3.10. The number of nitrogens with one attached hydrogen (secondary N) is 1. The number of aromatic nitrogens is 1. The fourth-order valence-corrected chi connectivity index (χ4v) is 3.45. The molecule has 0 fully saturated rings. The second-order valence-corrected chi connectivity index (χ2v) is 6.69. The van der Waals surface area contributed by atoms with E-state index < -0.39 is 0 Å². The van der Waals surface area contributed by atoms with Crippen molar-refractivity contribution in [2.75, 3.05) is 19.5 Å². The van der Waals surface area contributed by atoms with Crippen molar-refractivity contribution in [1.82, 2.24) is 4.98 Å². The van der Waals surface area contributed by atoms with Crippen molar-refractivity contribution in [1.29, 1.82) is 0 Å². The van der Waals surface area contributed by atoms with Crippen LogP contribution < -0.4 is 14.8 Å². The quantitative estimate of drug-likeness (QED) is 0.702. The van der Waals surface area contributed by atoms with Crippen LogP contribution in [-0.4, -0.2) is 25.1 Å². The minimum atomic E-state index is -0.0800. The Morgan fingerprint density at radius 2 is 1.81 bits per heavy atom. The summed E-state index contributed by atoms with van der Waals surface area (Å²) in [6, 6.07) is 13.6. The van der Waals surface area contributed by atoms with E-state index in [4.69, 9.17) is 14.5 Å². The third kappa shape index (κ3) is 4.21. The molecule has 2 aromatic carbocycles. The normalized spacial score (nSPS) is 10.4. The number of amides is 1. The maximum Gasteiger partial charge on any atom is 0.221 e. The van der Waals surface area contributed by atoms with Gasteiger partial charge < -0.3 is 14.8 Å². The summed E-state index contributed by atoms with van der Waals surface area (Å²) in [5, 5.41) is 5.83. The van der Waals surface area contributed by atoms with E-state index in [1.165, 1.54) is 6.92 Å². The van der Waals surface area contributed by atoms with E-state index >= 15 is 0 Å². The molecule has 1 aromatic heterocycles. The Labute approximate surface area is 156 Å². The first-order chi connectivity index (χ1) is 12.6. The second kappa shape index (κ2) is 8.01. The zero-order valence-electron chi connectivity index (χ0n) is 14.9. The lowest BCUT2D eigenvalue weighted by molar-refractivity contribution is -0.114. The highest BCUT2D eigenvalue weighted by Crippen LogP contribution is 2.30. The number of nitrogens with zero attached hydrogens (tertiary/aromatic N) is 1. The maximum atomic E-state index is 11.1. The lowest BCUT2D eigenvalue weighted by Crippen LogP contribution is -2.05. The van der Waals surface area contributed by atoms with Crippen LogP contribution in [-0.2, 0) is 11.2 Å². The Morgan fingerprint density at radius 1 is 1.08 bits per heavy atom. The molecule has 0 radical (unpaired) electrons. The second-order valence-electron chi connectivity index (χ2n) is 5.75. The fourth-order valence-electron chi connectivity index (χ4n) is 2.62. The molecule has 26 heavy (non-hydrogen) atoms. The Bertz CT molecular complexity index is 904. The summed E-state index contributed by atoms with van der Waals surface area (Å²) >= 11 is 1.62. The molecule has 1 heterocycles. The summed E-state index contributed by atoms with van der Waals surface area (Å²) in [7, 11) is 3.26. The molecule has 0 bridgehead atoms. The average molecular weight is 368 g/mol. The van der Waals surface area contributed by atoms with Crippen molar-refractivity contribution in [3.05, 3.63) is 58.4 Å². The van der Waals surface area contributed by atoms with E-state index in [1.54, 1.807) is 25.6 Å². The maximum absolute atomic E-state index is 11.1. The van der Waals surface area contributed by atoms with Crippen LogP contribution in [0.4, 0.5) is 5.69 Å². The number of ether oxygens (including phenoxy) is 2. The highest BCUT2D eigenvalue weighted by atomic mass is 32.1. The minimum Gasteiger partial charge on any atom is -0.493 e. The summed E-state index contributed by atoms with van der Waals surface area (Å²) < 4.78 is 10.6. The molecule has 0 unspecified atom stereocenters. The van der Waals surface area contributed by atoms with Gasteiger partial charge in [0, 0.05) is 30.0 Å². The Balaban J connectivity index is 1.74. The van der Waals surface area contributed by atoms with Crippen LogP contribution in [0.1, 0.15) is 17.5 Å². The third-order valence-corrected chi connectivity index (χ3v) is 4.70. The Hall–Kier alpha value is -2.86. The molecule has 6 heteroatoms. The zero-order valence-corrected chi connectivity index (χ0v) is 15.7. The molecule has 3 aromatic rings. The molecular formula is C20H20N2O3S. The Kier molecular flexibility index (Phi) is 5.53. The SMILES string of the molecule is COc1ccc(Cc2nc(-c3ccc(NC(C)=O)cc3)cs2)cc1OC. The van der Waals surface area contributed by atoms with E-state index in [9.17, 15) is 4.79 Å². The van der Waals surface area contributed by atoms with Crippen molar-refractivity contribution < 1.29 is 14.3 Å². The summed E-state index contributed by atoms with van der Waals surface area (Å²) in [5.41, 5.74) is 3.85. The topological polar surface area (TPSA) is 60.5 Å². The number of benzene rings is 2. The molecule has 0 saturated heterocycles. The molecule has 3 rings (SSSR count). The predicted octanol–water partition coefficient (Wildman–Crippen LogP) is 4.38. The third-order valence-electron chi connectivity index (χ3n) is 3.86. The number of anilines is 1. The number of rotatable bonds is 6. The smallest absolute Gasteiger partial charge is 0.221 e. The number of hydrogen-bond acceptors (Lipinski definition) is 5. The van der Waals surface area contributed by atoms with Crippen LogP contribution >= 0.6 is 11.3 Å². The van der Waals surface area contributed by atoms with Gasteiger partial charge in [-0.1, -0.05) is 18.2 Å². The lowest BCUT2D eigenvalue weighted by atomic mass is 10.1. The number of carbonyl (C=O) groups excluding carboxylic acids is 1. The van der Waals surface area contributed by atoms with E-state index in [0.29, 0.717) is 0 Å². The van der Waals surface area contributed by atoms with Gasteiger partial charge in [0.05, 0.1) is 24.9 Å². The molecule has 134 valence electrons. The molecule has 5 nitrogen and oxygen atoms in total. The standard InChI is InChI=1S/C20H20N2O3S/c1-13(23)21-16-7-5-15(6-8-16)17-12-26-20(22-17)11-14-4-9-18(24-2)19(10-14)25-3/h4-10,12H,11H2,1-3H3,(H,21,23). The molecule has 1 amide bonds. The van der Waals surface area contributed by atoms with Gasteiger partial charge in [0.2, 0.25) is 5.91 Å². The van der Waals surface area contributed by atoms with Gasteiger partial charge in [0.1, 0.15) is 0 Å². The van der Waals surface area contributed by atoms with Crippen LogP contribution in [0.25, 0.3) is 11.3 Å². The highest BCUT2D eigenvalue weighted by molar-refractivity contribution is 7.10. The number of methoxy groups -OCH3 is 2. The van der Waals surface area contributed by atoms with Gasteiger partial charge in [0.15, 0.2) is 11.5 Å². The van der Waals surface area contributed by atoms with Crippen LogP contribution in [0, 0.1) is 0 Å². The first kappa shape index (κ1) is 17.9. The van der Waals surface area contributed by atoms with E-state index in [2.05, 4.69) is 5.32 Å². The van der Waals surface area contributed by atoms with Crippen molar-refractivity contribution >= 4 is 22.9 Å². The number of carbonyl (C=O) groups is 1. The molecule has 1 N–H and O–H groups in total. The van der Waals surface area contributed by atoms with Crippen molar-refractivity contribution in [2.45, 2.75) is 13.3 Å². The first-order valence-electron chi connectivity index (χ1n) is 8.12. The van der Waals surface area contributed by atoms with Crippen LogP contribution in [0.2, 0.25) is 0 Å². The van der Waals surface area contributed by atoms with Crippen LogP contribution in [0.3, 0.4) is 0 Å². The predicted molar refractivity (Wildman–Crippen MR) is 104 cm³/mol. The van der Waals surface area contributed by atoms with Crippen molar-refractivity contribution in [3.8, 4) is 22.8 Å². The largest absolute Gasteiger partial charge is 0.493 e. The van der Waals surface area contributed by atoms with E-state index in [1.807, 2.05) is 47.8 Å². The number of thiazole rings is 1. The molecule has 0 saturated carbocycles. The summed E-state index contributed by atoms with van der Waals surface area (Å²) in [6.45, 7) is 1.49. The van der Waals surface area contributed by atoms with Gasteiger partial charge in [-0.15, -0.1) is 11.3 Å². The van der Waals surface area contributed by atoms with E-state index in [0.717, 1.165) is 45.4 Å². The fraction of sp³-hybridized carbons (Fsp3) is 0.200. The van der Waals surface area contributed by atoms with Gasteiger partial charge in [-0.2, -0.15) is 0 Å². The monoisotopic (exact) mass is 368 g/mol. The van der Waals surface area contributed by atoms with Gasteiger partial charge in [-0.05, 0) is 29.8 Å². The van der Waals surface area contributed by atoms with Gasteiger partial charge in [0.25, 0.3) is 0 Å². The molecular weight excluding hydrogens is 348 g/mol. The summed E-state index contributed by atoms with van der Waals surface area (Å²) in [6.07, 6.45) is 0.731. The summed E-state index contributed by atoms with van der Waals surface area (Å²) in [4.78, 5) is 15.8. The van der Waals surface area contributed by atoms with Crippen molar-refractivity contribution in [2.24, 2.45) is 0 Å². The number of hydrogen-bond donors (Lipinski definition) is 1. The first-order valence-corrected chi connectivity index (χ1v) is 9.00. The zero-order chi connectivity index (χ0) is 18.5. The van der Waals surface area contributed by atoms with Crippen LogP contribution in [0.5, 0.6) is 11.5 Å². The van der Waals surface area contributed by atoms with Crippen LogP contribution in [0.15, 0.2) is 47.8 Å². The molecule has 0 aliphatic carbocycles.